The molecule has 1 saturated heterocycles. The Morgan fingerprint density at radius 3 is 2.87 bits per heavy atom. The van der Waals surface area contributed by atoms with Crippen LogP contribution in [0.15, 0.2) is 6.33 Å². The van der Waals surface area contributed by atoms with Crippen LogP contribution in [0.25, 0.3) is 0 Å². The second-order valence-corrected chi connectivity index (χ2v) is 4.17. The molecule has 0 aliphatic carbocycles. The average molecular weight is 322 g/mol. The molecule has 0 saturated carbocycles. The van der Waals surface area contributed by atoms with Gasteiger partial charge >= 0.3 is 0 Å². The quantitative estimate of drug-likeness (QED) is 0.704. The standard InChI is InChI=1S/C8H11IN4O2/c9-8-10-6-13(11-8)5-7(14)12-1-3-15-4-2-12/h6H,1-5H2. The summed E-state index contributed by atoms with van der Waals surface area (Å²) in [5.74, 6) is 0.0691. The van der Waals surface area contributed by atoms with E-state index in [1.807, 2.05) is 22.6 Å². The van der Waals surface area contributed by atoms with Crippen LogP contribution < -0.4 is 0 Å². The number of amides is 1. The second-order valence-electron chi connectivity index (χ2n) is 3.20. The molecular formula is C8H11IN4O2. The summed E-state index contributed by atoms with van der Waals surface area (Å²) < 4.78 is 7.38. The lowest BCUT2D eigenvalue weighted by Crippen LogP contribution is -2.42. The number of carbonyl (C=O) groups excluding carboxylic acids is 1. The number of carbonyl (C=O) groups is 1. The molecule has 0 radical (unpaired) electrons. The third-order valence-electron chi connectivity index (χ3n) is 2.17. The number of halogens is 1. The normalized spacial score (nSPS) is 16.7. The minimum absolute atomic E-state index is 0.0691. The monoisotopic (exact) mass is 322 g/mol. The summed E-state index contributed by atoms with van der Waals surface area (Å²) in [6.45, 7) is 2.85. The minimum atomic E-state index is 0.0691. The summed E-state index contributed by atoms with van der Waals surface area (Å²) in [5, 5.41) is 4.06. The van der Waals surface area contributed by atoms with Crippen molar-refractivity contribution in [1.82, 2.24) is 19.7 Å². The van der Waals surface area contributed by atoms with Gasteiger partial charge in [0.05, 0.1) is 13.2 Å². The van der Waals surface area contributed by atoms with Crippen LogP contribution in [-0.4, -0.2) is 51.9 Å². The number of aromatic nitrogens is 3. The minimum Gasteiger partial charge on any atom is -0.378 e. The van der Waals surface area contributed by atoms with Crippen LogP contribution >= 0.6 is 22.6 Å². The van der Waals surface area contributed by atoms with E-state index in [0.29, 0.717) is 30.1 Å². The van der Waals surface area contributed by atoms with E-state index in [0.717, 1.165) is 0 Å². The first-order valence-corrected chi connectivity index (χ1v) is 5.74. The van der Waals surface area contributed by atoms with Crippen molar-refractivity contribution in [3.63, 3.8) is 0 Å². The fraction of sp³-hybridized carbons (Fsp3) is 0.625. The Morgan fingerprint density at radius 2 is 2.27 bits per heavy atom. The zero-order valence-corrected chi connectivity index (χ0v) is 10.3. The lowest BCUT2D eigenvalue weighted by atomic mass is 10.4. The number of hydrogen-bond donors (Lipinski definition) is 0. The van der Waals surface area contributed by atoms with Crippen LogP contribution in [0.1, 0.15) is 0 Å². The van der Waals surface area contributed by atoms with Gasteiger partial charge in [0.1, 0.15) is 12.9 Å². The largest absolute Gasteiger partial charge is 0.378 e. The summed E-state index contributed by atoms with van der Waals surface area (Å²) in [6, 6.07) is 0. The predicted molar refractivity (Wildman–Crippen MR) is 60.1 cm³/mol. The number of rotatable bonds is 2. The van der Waals surface area contributed by atoms with Gasteiger partial charge in [-0.15, -0.1) is 5.10 Å². The zero-order valence-electron chi connectivity index (χ0n) is 8.10. The van der Waals surface area contributed by atoms with Crippen LogP contribution in [0.5, 0.6) is 0 Å². The van der Waals surface area contributed by atoms with Gasteiger partial charge in [-0.05, 0) is 0 Å². The van der Waals surface area contributed by atoms with Crippen molar-refractivity contribution in [2.45, 2.75) is 6.54 Å². The first kappa shape index (κ1) is 10.8. The molecule has 7 heteroatoms. The molecule has 0 spiro atoms. The van der Waals surface area contributed by atoms with Gasteiger partial charge in [-0.1, -0.05) is 0 Å². The highest BCUT2D eigenvalue weighted by molar-refractivity contribution is 14.1. The molecule has 1 aromatic rings. The van der Waals surface area contributed by atoms with Crippen LogP contribution in [-0.2, 0) is 16.1 Å². The lowest BCUT2D eigenvalue weighted by Gasteiger charge is -2.26. The first-order chi connectivity index (χ1) is 7.25. The molecule has 0 atom stereocenters. The number of nitrogens with zero attached hydrogens (tertiary/aromatic N) is 4. The van der Waals surface area contributed by atoms with E-state index >= 15 is 0 Å². The van der Waals surface area contributed by atoms with E-state index < -0.39 is 0 Å². The molecule has 15 heavy (non-hydrogen) atoms. The zero-order chi connectivity index (χ0) is 10.7. The number of hydrogen-bond acceptors (Lipinski definition) is 4. The molecule has 6 nitrogen and oxygen atoms in total. The smallest absolute Gasteiger partial charge is 0.244 e. The van der Waals surface area contributed by atoms with Gasteiger partial charge in [0.2, 0.25) is 9.74 Å². The fourth-order valence-electron chi connectivity index (χ4n) is 1.40. The molecule has 1 aliphatic heterocycles. The molecular weight excluding hydrogens is 311 g/mol. The van der Waals surface area contributed by atoms with Crippen molar-refractivity contribution in [1.29, 1.82) is 0 Å². The molecule has 2 rings (SSSR count). The van der Waals surface area contributed by atoms with E-state index in [1.165, 1.54) is 0 Å². The predicted octanol–water partition coefficient (Wildman–Crippen LogP) is -0.258. The molecule has 1 fully saturated rings. The van der Waals surface area contributed by atoms with Crippen molar-refractivity contribution in [3.05, 3.63) is 10.2 Å². The van der Waals surface area contributed by atoms with E-state index in [1.54, 1.807) is 15.9 Å². The maximum Gasteiger partial charge on any atom is 0.244 e. The summed E-state index contributed by atoms with van der Waals surface area (Å²) in [4.78, 5) is 17.5. The van der Waals surface area contributed by atoms with Gasteiger partial charge in [-0.2, -0.15) is 0 Å². The molecule has 0 unspecified atom stereocenters. The van der Waals surface area contributed by atoms with E-state index in [-0.39, 0.29) is 12.5 Å². The Labute approximate surface area is 101 Å². The van der Waals surface area contributed by atoms with Gasteiger partial charge in [0, 0.05) is 35.7 Å². The van der Waals surface area contributed by atoms with Crippen LogP contribution in [0.2, 0.25) is 0 Å². The van der Waals surface area contributed by atoms with Crippen molar-refractivity contribution in [2.24, 2.45) is 0 Å². The Balaban J connectivity index is 1.91. The highest BCUT2D eigenvalue weighted by atomic mass is 127. The SMILES string of the molecule is O=C(Cn1cnc(I)n1)N1CCOCC1. The van der Waals surface area contributed by atoms with Crippen molar-refractivity contribution in [3.8, 4) is 0 Å². The molecule has 0 aromatic carbocycles. The van der Waals surface area contributed by atoms with E-state index in [9.17, 15) is 4.79 Å². The van der Waals surface area contributed by atoms with Crippen LogP contribution in [0, 0.1) is 3.83 Å². The highest BCUT2D eigenvalue weighted by Gasteiger charge is 2.17. The Hall–Kier alpha value is -0.700. The highest BCUT2D eigenvalue weighted by Crippen LogP contribution is 2.00. The molecule has 1 aliphatic rings. The van der Waals surface area contributed by atoms with Crippen LogP contribution in [0.3, 0.4) is 0 Å². The summed E-state index contributed by atoms with van der Waals surface area (Å²) in [7, 11) is 0. The summed E-state index contributed by atoms with van der Waals surface area (Å²) >= 11 is 2.01. The third-order valence-corrected chi connectivity index (χ3v) is 2.66. The number of ether oxygens (including phenoxy) is 1. The number of morpholine rings is 1. The topological polar surface area (TPSA) is 60.2 Å². The molecule has 1 aromatic heterocycles. The molecule has 82 valence electrons. The first-order valence-electron chi connectivity index (χ1n) is 4.66. The van der Waals surface area contributed by atoms with Crippen LogP contribution in [0.4, 0.5) is 0 Å². The summed E-state index contributed by atoms with van der Waals surface area (Å²) in [6.07, 6.45) is 1.57. The van der Waals surface area contributed by atoms with Gasteiger partial charge in [-0.3, -0.25) is 4.79 Å². The maximum absolute atomic E-state index is 11.8. The molecule has 0 bridgehead atoms. The maximum atomic E-state index is 11.8. The average Bonchev–Trinajstić information content (AvgIpc) is 2.65. The second kappa shape index (κ2) is 4.88. The van der Waals surface area contributed by atoms with E-state index in [4.69, 9.17) is 4.74 Å². The fourth-order valence-corrected chi connectivity index (χ4v) is 1.80. The Morgan fingerprint density at radius 1 is 1.53 bits per heavy atom. The van der Waals surface area contributed by atoms with Crippen molar-refractivity contribution in [2.75, 3.05) is 26.3 Å². The lowest BCUT2D eigenvalue weighted by molar-refractivity contribution is -0.136. The van der Waals surface area contributed by atoms with Gasteiger partial charge in [0.15, 0.2) is 0 Å². The molecule has 0 N–H and O–H groups in total. The van der Waals surface area contributed by atoms with Gasteiger partial charge < -0.3 is 9.64 Å². The Bertz CT molecular complexity index is 348. The van der Waals surface area contributed by atoms with E-state index in [2.05, 4.69) is 10.1 Å². The Kier molecular flexibility index (Phi) is 3.52. The van der Waals surface area contributed by atoms with Crippen molar-refractivity contribution < 1.29 is 9.53 Å². The molecule has 2 heterocycles. The van der Waals surface area contributed by atoms with Gasteiger partial charge in [-0.25, -0.2) is 9.67 Å². The molecule has 1 amide bonds. The summed E-state index contributed by atoms with van der Waals surface area (Å²) in [5.41, 5.74) is 0. The van der Waals surface area contributed by atoms with Gasteiger partial charge in [0.25, 0.3) is 0 Å². The van der Waals surface area contributed by atoms with Crippen molar-refractivity contribution >= 4 is 28.5 Å². The third kappa shape index (κ3) is 2.88.